The molecule has 1 aliphatic rings. The van der Waals surface area contributed by atoms with E-state index in [2.05, 4.69) is 21.3 Å². The van der Waals surface area contributed by atoms with Gasteiger partial charge in [0.25, 0.3) is 0 Å². The molecule has 0 radical (unpaired) electrons. The molecule has 0 aliphatic heterocycles. The van der Waals surface area contributed by atoms with E-state index >= 15 is 0 Å². The molecule has 1 saturated carbocycles. The Balaban J connectivity index is 1.74. The van der Waals surface area contributed by atoms with Crippen molar-refractivity contribution in [3.63, 3.8) is 0 Å². The first-order valence-electron chi connectivity index (χ1n) is 8.67. The van der Waals surface area contributed by atoms with E-state index in [-0.39, 0.29) is 24.1 Å². The van der Waals surface area contributed by atoms with Gasteiger partial charge in [-0.25, -0.2) is 18.1 Å². The molecule has 1 fully saturated rings. The smallest absolute Gasteiger partial charge is 0.519 e. The van der Waals surface area contributed by atoms with Gasteiger partial charge in [-0.3, -0.25) is 0 Å². The average molecular weight is 388 g/mol. The molecule has 10 heteroatoms. The van der Waals surface area contributed by atoms with Crippen LogP contribution in [0.15, 0.2) is 25.0 Å². The van der Waals surface area contributed by atoms with Gasteiger partial charge in [-0.15, -0.1) is 0 Å². The number of H-pyrrole nitrogens is 1. The highest BCUT2D eigenvalue weighted by atomic mass is 32.2. The largest absolute Gasteiger partial charge is 0.535 e. The molecule has 0 aromatic carbocycles. The second-order valence-electron chi connectivity index (χ2n) is 6.69. The van der Waals surface area contributed by atoms with E-state index in [1.165, 1.54) is 6.82 Å². The molecule has 0 atom stereocenters. The fraction of sp³-hybridized carbons (Fsp3) is 0.412. The predicted molar refractivity (Wildman–Crippen MR) is 103 cm³/mol. The summed E-state index contributed by atoms with van der Waals surface area (Å²) in [5.41, 5.74) is 2.29. The molecule has 3 N–H and O–H groups in total. The standard InChI is InChI=1S/C17H21BN4O4S/c1-11(12-8-13(9-12)22-27(24,25)7-3-5-19)16-14-4-6-20-17(14)21-10-15(16)26-18(2)23/h4,6,10,12-13,22-23H,1,3,7-9H2,2H3,(H,20,21)/t12-,13+. The van der Waals surface area contributed by atoms with Crippen LogP contribution in [0.25, 0.3) is 16.6 Å². The minimum absolute atomic E-state index is 0.0271. The van der Waals surface area contributed by atoms with E-state index in [1.807, 2.05) is 12.1 Å². The Morgan fingerprint density at radius 2 is 2.33 bits per heavy atom. The first-order valence-corrected chi connectivity index (χ1v) is 10.3. The maximum absolute atomic E-state index is 11.9. The summed E-state index contributed by atoms with van der Waals surface area (Å²) in [6.07, 6.45) is 4.53. The van der Waals surface area contributed by atoms with E-state index in [4.69, 9.17) is 9.92 Å². The van der Waals surface area contributed by atoms with Gasteiger partial charge in [-0.05, 0) is 37.2 Å². The quantitative estimate of drug-likeness (QED) is 0.591. The van der Waals surface area contributed by atoms with Gasteiger partial charge in [0, 0.05) is 23.2 Å². The lowest BCUT2D eigenvalue weighted by Crippen LogP contribution is -2.45. The predicted octanol–water partition coefficient (Wildman–Crippen LogP) is 1.68. The summed E-state index contributed by atoms with van der Waals surface area (Å²) in [6.45, 7) is 5.72. The normalized spacial score (nSPS) is 19.3. The van der Waals surface area contributed by atoms with Crippen LogP contribution in [0.5, 0.6) is 5.75 Å². The Morgan fingerprint density at radius 3 is 3.00 bits per heavy atom. The topological polar surface area (TPSA) is 128 Å². The van der Waals surface area contributed by atoms with Gasteiger partial charge in [0.1, 0.15) is 11.4 Å². The average Bonchev–Trinajstić information content (AvgIpc) is 3.03. The second-order valence-corrected chi connectivity index (χ2v) is 8.56. The fourth-order valence-corrected chi connectivity index (χ4v) is 4.47. The van der Waals surface area contributed by atoms with Gasteiger partial charge in [-0.1, -0.05) is 6.58 Å². The van der Waals surface area contributed by atoms with Crippen molar-refractivity contribution >= 4 is 33.7 Å². The summed E-state index contributed by atoms with van der Waals surface area (Å²) in [5.74, 6) is 0.345. The van der Waals surface area contributed by atoms with Crippen molar-refractivity contribution in [3.05, 3.63) is 30.6 Å². The molecule has 0 spiro atoms. The van der Waals surface area contributed by atoms with Crippen LogP contribution >= 0.6 is 0 Å². The lowest BCUT2D eigenvalue weighted by atomic mass is 9.74. The van der Waals surface area contributed by atoms with E-state index in [1.54, 1.807) is 12.4 Å². The Bertz CT molecular complexity index is 990. The van der Waals surface area contributed by atoms with E-state index < -0.39 is 17.1 Å². The number of hydrogen-bond donors (Lipinski definition) is 3. The molecule has 0 bridgehead atoms. The Kier molecular flexibility index (Phi) is 5.55. The summed E-state index contributed by atoms with van der Waals surface area (Å²) < 4.78 is 31.9. The summed E-state index contributed by atoms with van der Waals surface area (Å²) in [6, 6.07) is 3.55. The van der Waals surface area contributed by atoms with Gasteiger partial charge in [-0.2, -0.15) is 5.26 Å². The third-order valence-corrected chi connectivity index (χ3v) is 6.06. The number of nitriles is 1. The summed E-state index contributed by atoms with van der Waals surface area (Å²) in [4.78, 5) is 7.32. The fourth-order valence-electron chi connectivity index (χ4n) is 3.29. The van der Waals surface area contributed by atoms with Crippen molar-refractivity contribution in [1.82, 2.24) is 14.7 Å². The summed E-state index contributed by atoms with van der Waals surface area (Å²) in [7, 11) is -4.43. The summed E-state index contributed by atoms with van der Waals surface area (Å²) in [5, 5.41) is 19.0. The molecule has 2 heterocycles. The Hall–Kier alpha value is -2.35. The highest BCUT2D eigenvalue weighted by Gasteiger charge is 2.35. The number of aromatic amines is 1. The van der Waals surface area contributed by atoms with Crippen LogP contribution in [-0.2, 0) is 10.0 Å². The Morgan fingerprint density at radius 1 is 1.59 bits per heavy atom. The zero-order valence-corrected chi connectivity index (χ0v) is 15.8. The van der Waals surface area contributed by atoms with Crippen LogP contribution in [0.2, 0.25) is 6.82 Å². The number of sulfonamides is 1. The molecule has 142 valence electrons. The highest BCUT2D eigenvalue weighted by Crippen LogP contribution is 2.43. The van der Waals surface area contributed by atoms with Gasteiger partial charge in [0.2, 0.25) is 10.0 Å². The molecular weight excluding hydrogens is 367 g/mol. The van der Waals surface area contributed by atoms with Crippen molar-refractivity contribution in [1.29, 1.82) is 5.26 Å². The molecule has 8 nitrogen and oxygen atoms in total. The number of hydrogen-bond acceptors (Lipinski definition) is 6. The molecule has 1 aliphatic carbocycles. The van der Waals surface area contributed by atoms with Crippen molar-refractivity contribution in [2.45, 2.75) is 32.1 Å². The van der Waals surface area contributed by atoms with Crippen LogP contribution in [0.1, 0.15) is 24.8 Å². The zero-order valence-electron chi connectivity index (χ0n) is 15.0. The third-order valence-electron chi connectivity index (χ3n) is 4.63. The van der Waals surface area contributed by atoms with Crippen LogP contribution in [0.3, 0.4) is 0 Å². The maximum atomic E-state index is 11.9. The van der Waals surface area contributed by atoms with Gasteiger partial charge < -0.3 is 14.7 Å². The van der Waals surface area contributed by atoms with Crippen molar-refractivity contribution < 1.29 is 18.1 Å². The number of nitrogens with one attached hydrogen (secondary N) is 2. The Labute approximate surface area is 158 Å². The number of aromatic nitrogens is 2. The van der Waals surface area contributed by atoms with Crippen LogP contribution < -0.4 is 9.38 Å². The maximum Gasteiger partial charge on any atom is 0.519 e. The number of pyridine rings is 1. The first-order chi connectivity index (χ1) is 12.8. The zero-order chi connectivity index (χ0) is 19.6. The number of nitrogens with zero attached hydrogens (tertiary/aromatic N) is 2. The van der Waals surface area contributed by atoms with Crippen LogP contribution in [-0.4, -0.2) is 42.3 Å². The molecule has 0 unspecified atom stereocenters. The summed E-state index contributed by atoms with van der Waals surface area (Å²) >= 11 is 0. The van der Waals surface area contributed by atoms with E-state index in [0.717, 1.165) is 16.5 Å². The number of rotatable bonds is 8. The van der Waals surface area contributed by atoms with Gasteiger partial charge in [0.05, 0.1) is 24.4 Å². The molecule has 2 aromatic heterocycles. The molecule has 3 rings (SSSR count). The second kappa shape index (κ2) is 7.72. The molecule has 2 aromatic rings. The minimum atomic E-state index is -3.44. The number of fused-ring (bicyclic) bond motifs is 1. The molecular formula is C17H21BN4O4S. The minimum Gasteiger partial charge on any atom is -0.535 e. The third kappa shape index (κ3) is 4.32. The SMILES string of the molecule is C=C(c1c(OB(C)O)cnc2[nH]ccc12)[C@H]1C[C@@H](NS(=O)(=O)CCC#N)C1. The van der Waals surface area contributed by atoms with Crippen LogP contribution in [0.4, 0.5) is 0 Å². The van der Waals surface area contributed by atoms with E-state index in [0.29, 0.717) is 24.2 Å². The van der Waals surface area contributed by atoms with Crippen molar-refractivity contribution in [2.75, 3.05) is 5.75 Å². The van der Waals surface area contributed by atoms with Crippen molar-refractivity contribution in [2.24, 2.45) is 5.92 Å². The lowest BCUT2D eigenvalue weighted by Gasteiger charge is -2.37. The number of allylic oxidation sites excluding steroid dienone is 1. The monoisotopic (exact) mass is 388 g/mol. The van der Waals surface area contributed by atoms with Crippen LogP contribution in [0, 0.1) is 17.2 Å². The van der Waals surface area contributed by atoms with Gasteiger partial charge >= 0.3 is 7.12 Å². The lowest BCUT2D eigenvalue weighted by molar-refractivity contribution is 0.310. The molecule has 27 heavy (non-hydrogen) atoms. The highest BCUT2D eigenvalue weighted by molar-refractivity contribution is 7.89. The van der Waals surface area contributed by atoms with Crippen molar-refractivity contribution in [3.8, 4) is 11.8 Å². The molecule has 0 amide bonds. The van der Waals surface area contributed by atoms with Gasteiger partial charge in [0.15, 0.2) is 0 Å². The molecule has 0 saturated heterocycles. The first kappa shape index (κ1) is 19.4. The van der Waals surface area contributed by atoms with E-state index in [9.17, 15) is 13.4 Å².